The van der Waals surface area contributed by atoms with Gasteiger partial charge in [0, 0.05) is 29.7 Å². The van der Waals surface area contributed by atoms with Gasteiger partial charge in [0.25, 0.3) is 11.8 Å². The van der Waals surface area contributed by atoms with Gasteiger partial charge in [0.2, 0.25) is 11.8 Å². The molecule has 0 bridgehead atoms. The summed E-state index contributed by atoms with van der Waals surface area (Å²) in [5.74, 6) is -5.66. The van der Waals surface area contributed by atoms with E-state index in [1.54, 1.807) is 60.7 Å². The number of hydrogen-bond acceptors (Lipinski definition) is 10. The number of carbonyl (C=O) groups excluding carboxylic acids is 4. The molecule has 0 unspecified atom stereocenters. The molecule has 4 fully saturated rings. The van der Waals surface area contributed by atoms with Crippen molar-refractivity contribution < 1.29 is 38.5 Å². The summed E-state index contributed by atoms with van der Waals surface area (Å²) in [5, 5.41) is 12.4. The number of morpholine rings is 1. The standard InChI is InChI=1S/C44H39Cl3N4O8/c1-57-28-10-3-24(4-11-28)44-32(41(54)51(43(44)56)48-35-14-5-25(45)21-33(35)46)22-31-29(38(44)23-19-34(47)39(52)36(20-23)58-2)12-13-30-37(31)42(55)50(40(30)53)27-8-6-26(7-9-27)49-15-17-59-18-16-49/h3-12,14,19-21,30-32,37-38,48,52H,13,15-18,22H2,1-2H3/t30-,31+,32-,37-,38-,44+/m0/s1. The Balaban J connectivity index is 1.19. The van der Waals surface area contributed by atoms with Gasteiger partial charge in [-0.15, -0.1) is 0 Å². The van der Waals surface area contributed by atoms with Crippen LogP contribution in [0.1, 0.15) is 29.9 Å². The van der Waals surface area contributed by atoms with Crippen molar-refractivity contribution in [3.8, 4) is 17.2 Å². The summed E-state index contributed by atoms with van der Waals surface area (Å²) >= 11 is 19.5. The maximum absolute atomic E-state index is 15.6. The van der Waals surface area contributed by atoms with Crippen molar-refractivity contribution >= 4 is 75.5 Å². The van der Waals surface area contributed by atoms with Gasteiger partial charge in [0.15, 0.2) is 11.5 Å². The van der Waals surface area contributed by atoms with Gasteiger partial charge >= 0.3 is 0 Å². The molecule has 2 aliphatic carbocycles. The fraction of sp³-hybridized carbons (Fsp3) is 0.318. The van der Waals surface area contributed by atoms with Crippen LogP contribution in [0, 0.1) is 23.7 Å². The van der Waals surface area contributed by atoms with Crippen LogP contribution in [0.3, 0.4) is 0 Å². The van der Waals surface area contributed by atoms with Gasteiger partial charge in [-0.2, -0.15) is 5.01 Å². The molecule has 4 amide bonds. The molecule has 59 heavy (non-hydrogen) atoms. The number of methoxy groups -OCH3 is 2. The minimum absolute atomic E-state index is 0.0317. The number of nitrogens with one attached hydrogen (secondary N) is 1. The van der Waals surface area contributed by atoms with Crippen LogP contribution < -0.4 is 24.7 Å². The number of rotatable bonds is 8. The second kappa shape index (κ2) is 15.1. The fourth-order valence-electron chi connectivity index (χ4n) is 10.0. The van der Waals surface area contributed by atoms with Crippen molar-refractivity contribution in [2.75, 3.05) is 55.7 Å². The Morgan fingerprint density at radius 3 is 2.19 bits per heavy atom. The molecule has 4 aromatic rings. The number of carbonyl (C=O) groups is 4. The molecule has 3 saturated heterocycles. The van der Waals surface area contributed by atoms with E-state index in [2.05, 4.69) is 10.3 Å². The molecule has 15 heteroatoms. The van der Waals surface area contributed by atoms with Gasteiger partial charge < -0.3 is 24.2 Å². The maximum Gasteiger partial charge on any atom is 0.260 e. The van der Waals surface area contributed by atoms with E-state index in [1.807, 2.05) is 18.2 Å². The van der Waals surface area contributed by atoms with E-state index >= 15 is 9.59 Å². The Hall–Kier alpha value is -5.27. The van der Waals surface area contributed by atoms with E-state index in [0.29, 0.717) is 46.4 Å². The summed E-state index contributed by atoms with van der Waals surface area (Å²) in [7, 11) is 2.92. The number of imide groups is 2. The van der Waals surface area contributed by atoms with Gasteiger partial charge in [-0.3, -0.25) is 29.5 Å². The predicted octanol–water partition coefficient (Wildman–Crippen LogP) is 7.40. The number of hydrogen-bond donors (Lipinski definition) is 2. The average Bonchev–Trinajstić information content (AvgIpc) is 3.63. The van der Waals surface area contributed by atoms with E-state index in [-0.39, 0.29) is 51.9 Å². The molecule has 304 valence electrons. The Morgan fingerprint density at radius 2 is 1.51 bits per heavy atom. The quantitative estimate of drug-likeness (QED) is 0.136. The summed E-state index contributed by atoms with van der Waals surface area (Å²) < 4.78 is 16.6. The van der Waals surface area contributed by atoms with Gasteiger partial charge in [-0.25, -0.2) is 0 Å². The molecule has 1 saturated carbocycles. The number of anilines is 3. The molecule has 4 aromatic carbocycles. The first-order valence-corrected chi connectivity index (χ1v) is 20.4. The predicted molar refractivity (Wildman–Crippen MR) is 222 cm³/mol. The third kappa shape index (κ3) is 6.13. The lowest BCUT2D eigenvalue weighted by Gasteiger charge is -2.50. The van der Waals surface area contributed by atoms with E-state index in [9.17, 15) is 14.7 Å². The van der Waals surface area contributed by atoms with Crippen molar-refractivity contribution in [1.82, 2.24) is 5.01 Å². The highest BCUT2D eigenvalue weighted by atomic mass is 35.5. The van der Waals surface area contributed by atoms with Crippen molar-refractivity contribution in [3.05, 3.63) is 117 Å². The molecular weight excluding hydrogens is 819 g/mol. The number of phenols is 1. The number of fused-ring (bicyclic) bond motifs is 4. The molecule has 0 spiro atoms. The summed E-state index contributed by atoms with van der Waals surface area (Å²) in [4.78, 5) is 63.3. The lowest BCUT2D eigenvalue weighted by Crippen LogP contribution is -2.53. The van der Waals surface area contributed by atoms with Crippen molar-refractivity contribution in [2.45, 2.75) is 24.2 Å². The molecule has 2 N–H and O–H groups in total. The van der Waals surface area contributed by atoms with Crippen molar-refractivity contribution in [2.24, 2.45) is 23.7 Å². The van der Waals surface area contributed by atoms with Crippen LogP contribution in [0.2, 0.25) is 15.1 Å². The summed E-state index contributed by atoms with van der Waals surface area (Å²) in [5.41, 5.74) is 4.76. The topological polar surface area (TPSA) is 138 Å². The Labute approximate surface area is 355 Å². The molecule has 9 rings (SSSR count). The van der Waals surface area contributed by atoms with Crippen LogP contribution in [0.25, 0.3) is 0 Å². The summed E-state index contributed by atoms with van der Waals surface area (Å²) in [6, 6.07) is 22.2. The van der Waals surface area contributed by atoms with E-state index < -0.39 is 46.8 Å². The van der Waals surface area contributed by atoms with Gasteiger partial charge in [0.1, 0.15) is 5.75 Å². The summed E-state index contributed by atoms with van der Waals surface area (Å²) in [6.45, 7) is 2.71. The van der Waals surface area contributed by atoms with Gasteiger partial charge in [-0.05, 0) is 96.6 Å². The van der Waals surface area contributed by atoms with Crippen molar-refractivity contribution in [1.29, 1.82) is 0 Å². The molecule has 0 aromatic heterocycles. The number of aromatic hydroxyl groups is 1. The first-order chi connectivity index (χ1) is 28.5. The number of nitrogens with zero attached hydrogens (tertiary/aromatic N) is 3. The monoisotopic (exact) mass is 856 g/mol. The largest absolute Gasteiger partial charge is 0.503 e. The number of phenolic OH excluding ortho intramolecular Hbond substituents is 1. The van der Waals surface area contributed by atoms with Crippen LogP contribution in [-0.4, -0.2) is 74.3 Å². The molecule has 12 nitrogen and oxygen atoms in total. The van der Waals surface area contributed by atoms with E-state index in [0.717, 1.165) is 23.8 Å². The van der Waals surface area contributed by atoms with Crippen LogP contribution in [0.4, 0.5) is 17.1 Å². The van der Waals surface area contributed by atoms with E-state index in [1.165, 1.54) is 25.2 Å². The summed E-state index contributed by atoms with van der Waals surface area (Å²) in [6.07, 6.45) is 2.24. The highest BCUT2D eigenvalue weighted by molar-refractivity contribution is 6.36. The average molecular weight is 858 g/mol. The zero-order chi connectivity index (χ0) is 41.3. The number of hydrazine groups is 1. The van der Waals surface area contributed by atoms with Gasteiger partial charge in [0.05, 0.1) is 72.0 Å². The third-order valence-electron chi connectivity index (χ3n) is 12.7. The minimum Gasteiger partial charge on any atom is -0.503 e. The highest BCUT2D eigenvalue weighted by Gasteiger charge is 2.70. The molecule has 3 aliphatic heterocycles. The number of benzene rings is 4. The lowest BCUT2D eigenvalue weighted by molar-refractivity contribution is -0.138. The highest BCUT2D eigenvalue weighted by Crippen LogP contribution is 2.65. The molecule has 5 aliphatic rings. The third-order valence-corrected chi connectivity index (χ3v) is 13.5. The normalized spacial score (nSPS) is 26.4. The van der Waals surface area contributed by atoms with Crippen LogP contribution in [-0.2, 0) is 29.3 Å². The number of allylic oxidation sites excluding steroid dienone is 2. The number of halogens is 3. The Kier molecular flexibility index (Phi) is 10.0. The smallest absolute Gasteiger partial charge is 0.260 e. The molecular formula is C44H39Cl3N4O8. The lowest BCUT2D eigenvalue weighted by atomic mass is 9.49. The SMILES string of the molecule is COc1ccc([C@@]23C(=O)N(Nc4ccc(Cl)cc4Cl)C(=O)[C@@H]2C[C@@H]2C(=CC[C@@H]4C(=O)N(c5ccc(N6CCOCC6)cc5)C(=O)[C@@H]42)[C@@H]3c2cc(Cl)c(O)c(OC)c2)cc1. The van der Waals surface area contributed by atoms with Gasteiger partial charge in [-0.1, -0.05) is 58.6 Å². The second-order valence-electron chi connectivity index (χ2n) is 15.4. The van der Waals surface area contributed by atoms with Crippen molar-refractivity contribution in [3.63, 3.8) is 0 Å². The number of amides is 4. The first kappa shape index (κ1) is 39.2. The molecule has 6 atom stereocenters. The maximum atomic E-state index is 15.6. The minimum atomic E-state index is -1.63. The Morgan fingerprint density at radius 1 is 0.797 bits per heavy atom. The number of ether oxygens (including phenoxy) is 3. The van der Waals surface area contributed by atoms with Crippen LogP contribution >= 0.6 is 34.8 Å². The zero-order valence-corrected chi connectivity index (χ0v) is 34.3. The fourth-order valence-corrected chi connectivity index (χ4v) is 10.7. The second-order valence-corrected chi connectivity index (χ2v) is 16.6. The molecule has 3 heterocycles. The molecule has 0 radical (unpaired) electrons. The van der Waals surface area contributed by atoms with Crippen LogP contribution in [0.15, 0.2) is 90.5 Å². The van der Waals surface area contributed by atoms with E-state index in [4.69, 9.17) is 49.0 Å². The first-order valence-electron chi connectivity index (χ1n) is 19.3. The van der Waals surface area contributed by atoms with Crippen LogP contribution in [0.5, 0.6) is 17.2 Å². The zero-order valence-electron chi connectivity index (χ0n) is 32.0. The Bertz CT molecular complexity index is 2420.